The van der Waals surface area contributed by atoms with Crippen molar-refractivity contribution in [3.8, 4) is 23.0 Å². The first-order valence-electron chi connectivity index (χ1n) is 9.83. The van der Waals surface area contributed by atoms with Gasteiger partial charge in [-0.1, -0.05) is 18.7 Å². The van der Waals surface area contributed by atoms with Crippen molar-refractivity contribution >= 4 is 5.91 Å². The van der Waals surface area contributed by atoms with Gasteiger partial charge in [-0.25, -0.2) is 0 Å². The Hall–Kier alpha value is -3.15. The lowest BCUT2D eigenvalue weighted by atomic mass is 10.0. The van der Waals surface area contributed by atoms with Gasteiger partial charge in [0.1, 0.15) is 19.8 Å². The minimum atomic E-state index is -0.0176. The highest BCUT2D eigenvalue weighted by Crippen LogP contribution is 2.39. The summed E-state index contributed by atoms with van der Waals surface area (Å²) in [5.41, 5.74) is 1.65. The molecule has 152 valence electrons. The summed E-state index contributed by atoms with van der Waals surface area (Å²) in [6.07, 6.45) is 3.55. The van der Waals surface area contributed by atoms with Gasteiger partial charge in [-0.3, -0.25) is 4.79 Å². The quantitative estimate of drug-likeness (QED) is 0.692. The van der Waals surface area contributed by atoms with Crippen LogP contribution < -0.4 is 18.9 Å². The van der Waals surface area contributed by atoms with Crippen LogP contribution in [0, 0.1) is 0 Å². The molecule has 6 nitrogen and oxygen atoms in total. The fourth-order valence-electron chi connectivity index (χ4n) is 3.86. The van der Waals surface area contributed by atoms with Crippen molar-refractivity contribution in [3.05, 3.63) is 60.2 Å². The van der Waals surface area contributed by atoms with E-state index >= 15 is 0 Å². The standard InChI is InChI=1S/C23H25NO5/c1-3-11-27-19-9-7-17(15-21(19)26-2)23(25)24-10-4-5-18(24)16-6-8-20-22(14-16)29-13-12-28-20/h3,6-9,14-15,18H,1,4-5,10-13H2,2H3. The lowest BCUT2D eigenvalue weighted by molar-refractivity contribution is 0.0734. The molecule has 2 aromatic carbocycles. The van der Waals surface area contributed by atoms with E-state index in [0.717, 1.165) is 36.4 Å². The second-order valence-corrected chi connectivity index (χ2v) is 7.02. The second-order valence-electron chi connectivity index (χ2n) is 7.02. The van der Waals surface area contributed by atoms with E-state index in [4.69, 9.17) is 18.9 Å². The zero-order valence-electron chi connectivity index (χ0n) is 16.6. The van der Waals surface area contributed by atoms with Crippen LogP contribution in [0.15, 0.2) is 49.1 Å². The summed E-state index contributed by atoms with van der Waals surface area (Å²) in [5.74, 6) is 2.62. The maximum atomic E-state index is 13.3. The third-order valence-corrected chi connectivity index (χ3v) is 5.23. The van der Waals surface area contributed by atoms with Crippen molar-refractivity contribution in [2.24, 2.45) is 0 Å². The fourth-order valence-corrected chi connectivity index (χ4v) is 3.86. The molecule has 0 saturated carbocycles. The number of carbonyl (C=O) groups is 1. The summed E-state index contributed by atoms with van der Waals surface area (Å²) in [6.45, 7) is 5.85. The van der Waals surface area contributed by atoms with E-state index in [0.29, 0.717) is 36.9 Å². The minimum Gasteiger partial charge on any atom is -0.493 e. The Morgan fingerprint density at radius 2 is 2.00 bits per heavy atom. The molecule has 1 unspecified atom stereocenters. The van der Waals surface area contributed by atoms with E-state index in [9.17, 15) is 4.79 Å². The van der Waals surface area contributed by atoms with Gasteiger partial charge in [-0.05, 0) is 48.7 Å². The summed E-state index contributed by atoms with van der Waals surface area (Å²) in [7, 11) is 1.57. The maximum Gasteiger partial charge on any atom is 0.254 e. The number of rotatable bonds is 6. The Labute approximate surface area is 170 Å². The molecule has 0 spiro atoms. The van der Waals surface area contributed by atoms with Crippen molar-refractivity contribution in [1.82, 2.24) is 4.90 Å². The van der Waals surface area contributed by atoms with Crippen molar-refractivity contribution in [3.63, 3.8) is 0 Å². The number of methoxy groups -OCH3 is 1. The molecular formula is C23H25NO5. The van der Waals surface area contributed by atoms with Crippen molar-refractivity contribution < 1.29 is 23.7 Å². The van der Waals surface area contributed by atoms with Gasteiger partial charge in [0.2, 0.25) is 0 Å². The van der Waals surface area contributed by atoms with Crippen LogP contribution in [0.25, 0.3) is 0 Å². The van der Waals surface area contributed by atoms with Crippen LogP contribution in [0.2, 0.25) is 0 Å². The molecule has 1 amide bonds. The van der Waals surface area contributed by atoms with E-state index in [-0.39, 0.29) is 11.9 Å². The summed E-state index contributed by atoms with van der Waals surface area (Å²) in [5, 5.41) is 0. The number of hydrogen-bond donors (Lipinski definition) is 0. The van der Waals surface area contributed by atoms with Crippen LogP contribution >= 0.6 is 0 Å². The first-order valence-corrected chi connectivity index (χ1v) is 9.83. The zero-order chi connectivity index (χ0) is 20.2. The van der Waals surface area contributed by atoms with Gasteiger partial charge in [-0.15, -0.1) is 0 Å². The molecule has 0 bridgehead atoms. The summed E-state index contributed by atoms with van der Waals surface area (Å²) >= 11 is 0. The molecule has 4 rings (SSSR count). The van der Waals surface area contributed by atoms with E-state index < -0.39 is 0 Å². The van der Waals surface area contributed by atoms with Crippen LogP contribution in [-0.2, 0) is 0 Å². The molecule has 29 heavy (non-hydrogen) atoms. The summed E-state index contributed by atoms with van der Waals surface area (Å²) < 4.78 is 22.3. The lowest BCUT2D eigenvalue weighted by Crippen LogP contribution is -2.30. The summed E-state index contributed by atoms with van der Waals surface area (Å²) in [6, 6.07) is 11.3. The SMILES string of the molecule is C=CCOc1ccc(C(=O)N2CCCC2c2ccc3c(c2)OCCO3)cc1OC. The molecule has 0 radical (unpaired) electrons. The van der Waals surface area contributed by atoms with Crippen molar-refractivity contribution in [2.45, 2.75) is 18.9 Å². The second kappa shape index (κ2) is 8.47. The highest BCUT2D eigenvalue weighted by Gasteiger charge is 2.32. The maximum absolute atomic E-state index is 13.3. The van der Waals surface area contributed by atoms with Crippen LogP contribution in [-0.4, -0.2) is 44.3 Å². The van der Waals surface area contributed by atoms with Gasteiger partial charge in [-0.2, -0.15) is 0 Å². The van der Waals surface area contributed by atoms with Gasteiger partial charge in [0.15, 0.2) is 23.0 Å². The predicted octanol–water partition coefficient (Wildman–Crippen LogP) is 4.01. The number of likely N-dealkylation sites (tertiary alicyclic amines) is 1. The van der Waals surface area contributed by atoms with Gasteiger partial charge in [0.25, 0.3) is 5.91 Å². The Bertz CT molecular complexity index is 910. The average molecular weight is 395 g/mol. The number of benzene rings is 2. The van der Waals surface area contributed by atoms with Crippen LogP contribution in [0.5, 0.6) is 23.0 Å². The van der Waals surface area contributed by atoms with Crippen LogP contribution in [0.4, 0.5) is 0 Å². The molecule has 1 atom stereocenters. The van der Waals surface area contributed by atoms with Crippen LogP contribution in [0.3, 0.4) is 0 Å². The molecule has 0 N–H and O–H groups in total. The zero-order valence-corrected chi connectivity index (χ0v) is 16.6. The van der Waals surface area contributed by atoms with E-state index in [1.165, 1.54) is 0 Å². The van der Waals surface area contributed by atoms with Gasteiger partial charge < -0.3 is 23.8 Å². The highest BCUT2D eigenvalue weighted by atomic mass is 16.6. The third-order valence-electron chi connectivity index (χ3n) is 5.23. The normalized spacial score (nSPS) is 17.7. The van der Waals surface area contributed by atoms with E-state index in [1.54, 1.807) is 31.4 Å². The number of ether oxygens (including phenoxy) is 4. The molecule has 1 fully saturated rings. The van der Waals surface area contributed by atoms with Crippen molar-refractivity contribution in [1.29, 1.82) is 0 Å². The third kappa shape index (κ3) is 3.88. The number of hydrogen-bond acceptors (Lipinski definition) is 5. The smallest absolute Gasteiger partial charge is 0.254 e. The Morgan fingerprint density at radius 1 is 1.17 bits per heavy atom. The average Bonchev–Trinajstić information content (AvgIpc) is 3.26. The molecule has 2 aromatic rings. The molecule has 2 aliphatic heterocycles. The van der Waals surface area contributed by atoms with E-state index in [1.807, 2.05) is 23.1 Å². The molecule has 6 heteroatoms. The molecule has 0 aromatic heterocycles. The summed E-state index contributed by atoms with van der Waals surface area (Å²) in [4.78, 5) is 15.2. The van der Waals surface area contributed by atoms with E-state index in [2.05, 4.69) is 6.58 Å². The van der Waals surface area contributed by atoms with Gasteiger partial charge in [0, 0.05) is 12.1 Å². The first kappa shape index (κ1) is 19.2. The van der Waals surface area contributed by atoms with Gasteiger partial charge in [0.05, 0.1) is 13.2 Å². The Balaban J connectivity index is 1.57. The highest BCUT2D eigenvalue weighted by molar-refractivity contribution is 5.95. The molecule has 1 saturated heterocycles. The van der Waals surface area contributed by atoms with Gasteiger partial charge >= 0.3 is 0 Å². The largest absolute Gasteiger partial charge is 0.493 e. The van der Waals surface area contributed by atoms with Crippen molar-refractivity contribution in [2.75, 3.05) is 33.5 Å². The number of carbonyl (C=O) groups excluding carboxylic acids is 1. The minimum absolute atomic E-state index is 0.0148. The lowest BCUT2D eigenvalue weighted by Gasteiger charge is -2.27. The number of nitrogens with zero attached hydrogens (tertiary/aromatic N) is 1. The Kier molecular flexibility index (Phi) is 5.60. The topological polar surface area (TPSA) is 57.2 Å². The molecule has 2 heterocycles. The number of amides is 1. The molecule has 2 aliphatic rings. The molecular weight excluding hydrogens is 370 g/mol. The first-order chi connectivity index (χ1) is 14.2. The Morgan fingerprint density at radius 3 is 2.79 bits per heavy atom. The monoisotopic (exact) mass is 395 g/mol. The fraction of sp³-hybridized carbons (Fsp3) is 0.348. The number of fused-ring (bicyclic) bond motifs is 1. The van der Waals surface area contributed by atoms with Crippen LogP contribution in [0.1, 0.15) is 34.8 Å². The molecule has 0 aliphatic carbocycles. The predicted molar refractivity (Wildman–Crippen MR) is 109 cm³/mol.